The van der Waals surface area contributed by atoms with Crippen LogP contribution >= 0.6 is 24.0 Å². The lowest BCUT2D eigenvalue weighted by atomic mass is 9.64. The molecule has 0 atom stereocenters. The van der Waals surface area contributed by atoms with Crippen LogP contribution in [0, 0.1) is 5.92 Å². The van der Waals surface area contributed by atoms with Crippen LogP contribution in [0.2, 0.25) is 0 Å². The van der Waals surface area contributed by atoms with Crippen molar-refractivity contribution in [2.24, 2.45) is 10.9 Å². The van der Waals surface area contributed by atoms with Gasteiger partial charge in [0.15, 0.2) is 5.96 Å². The molecule has 2 fully saturated rings. The molecule has 0 aliphatic heterocycles. The largest absolute Gasteiger partial charge is 0.356 e. The number of hydrogen-bond donors (Lipinski definition) is 3. The van der Waals surface area contributed by atoms with E-state index in [-0.39, 0.29) is 41.2 Å². The minimum atomic E-state index is 0. The first-order chi connectivity index (χ1) is 13.2. The molecule has 2 saturated carbocycles. The third-order valence-electron chi connectivity index (χ3n) is 6.21. The lowest BCUT2D eigenvalue weighted by Crippen LogP contribution is -2.50. The van der Waals surface area contributed by atoms with Gasteiger partial charge in [0.25, 0.3) is 0 Å². The maximum atomic E-state index is 12.2. The zero-order valence-electron chi connectivity index (χ0n) is 17.0. The summed E-state index contributed by atoms with van der Waals surface area (Å²) in [5.41, 5.74) is 1.65. The molecule has 0 aromatic heterocycles. The molecule has 0 spiro atoms. The zero-order chi connectivity index (χ0) is 19.0. The maximum absolute atomic E-state index is 12.2. The summed E-state index contributed by atoms with van der Waals surface area (Å²) in [5, 5.41) is 9.88. The standard InChI is InChI=1S/C22H34N4O.HI/c1-23-21(25-16-15-24-20(27)18-9-4-2-5-10-18)26-17-22(13-8-14-22)19-11-6-3-7-12-19;/h3,6-7,11-12,18H,2,4-5,8-10,13-17H2,1H3,(H,24,27)(H2,23,25,26);1H. The molecular weight excluding hydrogens is 463 g/mol. The summed E-state index contributed by atoms with van der Waals surface area (Å²) in [6.07, 6.45) is 9.48. The summed E-state index contributed by atoms with van der Waals surface area (Å²) in [7, 11) is 1.80. The van der Waals surface area contributed by atoms with Gasteiger partial charge in [-0.1, -0.05) is 56.0 Å². The second-order valence-electron chi connectivity index (χ2n) is 7.98. The van der Waals surface area contributed by atoms with Crippen LogP contribution in [0.25, 0.3) is 0 Å². The molecule has 28 heavy (non-hydrogen) atoms. The monoisotopic (exact) mass is 498 g/mol. The number of halogens is 1. The van der Waals surface area contributed by atoms with E-state index in [1.807, 2.05) is 0 Å². The third-order valence-corrected chi connectivity index (χ3v) is 6.21. The Hall–Kier alpha value is -1.31. The lowest BCUT2D eigenvalue weighted by Gasteiger charge is -2.43. The molecule has 2 aliphatic carbocycles. The van der Waals surface area contributed by atoms with Crippen molar-refractivity contribution >= 4 is 35.8 Å². The minimum Gasteiger partial charge on any atom is -0.356 e. The normalized spacial score (nSPS) is 19.1. The number of carbonyl (C=O) groups is 1. The molecule has 5 nitrogen and oxygen atoms in total. The Morgan fingerprint density at radius 2 is 1.68 bits per heavy atom. The Morgan fingerprint density at radius 3 is 2.29 bits per heavy atom. The molecule has 3 rings (SSSR count). The first kappa shape index (κ1) is 23.0. The molecule has 1 aromatic carbocycles. The van der Waals surface area contributed by atoms with Crippen LogP contribution < -0.4 is 16.0 Å². The smallest absolute Gasteiger partial charge is 0.223 e. The summed E-state index contributed by atoms with van der Waals surface area (Å²) in [6.45, 7) is 2.22. The second-order valence-corrected chi connectivity index (χ2v) is 7.98. The molecule has 156 valence electrons. The number of amides is 1. The van der Waals surface area contributed by atoms with Gasteiger partial charge < -0.3 is 16.0 Å². The van der Waals surface area contributed by atoms with E-state index in [1.165, 1.54) is 44.1 Å². The predicted octanol–water partition coefficient (Wildman–Crippen LogP) is 3.59. The van der Waals surface area contributed by atoms with E-state index in [4.69, 9.17) is 0 Å². The van der Waals surface area contributed by atoms with Gasteiger partial charge in [0, 0.05) is 38.0 Å². The van der Waals surface area contributed by atoms with Crippen molar-refractivity contribution in [2.75, 3.05) is 26.7 Å². The Kier molecular flexibility index (Phi) is 9.55. The Balaban J connectivity index is 0.00000280. The summed E-state index contributed by atoms with van der Waals surface area (Å²) in [4.78, 5) is 16.5. The number of nitrogens with one attached hydrogen (secondary N) is 3. The van der Waals surface area contributed by atoms with Crippen molar-refractivity contribution in [3.05, 3.63) is 35.9 Å². The zero-order valence-corrected chi connectivity index (χ0v) is 19.3. The fraction of sp³-hybridized carbons (Fsp3) is 0.636. The van der Waals surface area contributed by atoms with Crippen LogP contribution in [-0.4, -0.2) is 38.5 Å². The molecule has 0 unspecified atom stereocenters. The van der Waals surface area contributed by atoms with Crippen molar-refractivity contribution in [2.45, 2.75) is 56.8 Å². The van der Waals surface area contributed by atoms with Gasteiger partial charge in [0.1, 0.15) is 0 Å². The molecule has 0 heterocycles. The van der Waals surface area contributed by atoms with Crippen molar-refractivity contribution in [1.29, 1.82) is 0 Å². The average molecular weight is 498 g/mol. The highest BCUT2D eigenvalue weighted by molar-refractivity contribution is 14.0. The van der Waals surface area contributed by atoms with Crippen LogP contribution in [-0.2, 0) is 10.2 Å². The Bertz CT molecular complexity index is 625. The van der Waals surface area contributed by atoms with Crippen LogP contribution in [0.5, 0.6) is 0 Å². The van der Waals surface area contributed by atoms with Crippen molar-refractivity contribution in [1.82, 2.24) is 16.0 Å². The van der Waals surface area contributed by atoms with Gasteiger partial charge >= 0.3 is 0 Å². The number of hydrogen-bond acceptors (Lipinski definition) is 2. The third kappa shape index (κ3) is 6.09. The highest BCUT2D eigenvalue weighted by atomic mass is 127. The number of guanidine groups is 1. The summed E-state index contributed by atoms with van der Waals surface area (Å²) < 4.78 is 0. The van der Waals surface area contributed by atoms with Gasteiger partial charge in [-0.05, 0) is 31.2 Å². The number of carbonyl (C=O) groups excluding carboxylic acids is 1. The highest BCUT2D eigenvalue weighted by Gasteiger charge is 2.38. The molecule has 0 radical (unpaired) electrons. The van der Waals surface area contributed by atoms with Gasteiger partial charge in [-0.25, -0.2) is 0 Å². The number of aliphatic imine (C=N–C) groups is 1. The summed E-state index contributed by atoms with van der Waals surface area (Å²) >= 11 is 0. The molecule has 1 amide bonds. The topological polar surface area (TPSA) is 65.5 Å². The van der Waals surface area contributed by atoms with Crippen molar-refractivity contribution in [3.8, 4) is 0 Å². The molecule has 0 bridgehead atoms. The van der Waals surface area contributed by atoms with E-state index in [0.717, 1.165) is 25.3 Å². The van der Waals surface area contributed by atoms with Crippen LogP contribution in [0.3, 0.4) is 0 Å². The number of rotatable bonds is 7. The average Bonchev–Trinajstić information content (AvgIpc) is 2.70. The molecule has 2 aliphatic rings. The Labute approximate surface area is 186 Å². The molecule has 0 saturated heterocycles. The van der Waals surface area contributed by atoms with Crippen LogP contribution in [0.1, 0.15) is 56.9 Å². The van der Waals surface area contributed by atoms with E-state index in [1.54, 1.807) is 7.05 Å². The van der Waals surface area contributed by atoms with E-state index in [0.29, 0.717) is 13.1 Å². The first-order valence-electron chi connectivity index (χ1n) is 10.5. The van der Waals surface area contributed by atoms with Gasteiger partial charge in [0.2, 0.25) is 5.91 Å². The molecule has 3 N–H and O–H groups in total. The van der Waals surface area contributed by atoms with Gasteiger partial charge in [-0.3, -0.25) is 9.79 Å². The fourth-order valence-corrected chi connectivity index (χ4v) is 4.31. The maximum Gasteiger partial charge on any atom is 0.223 e. The quantitative estimate of drug-likeness (QED) is 0.233. The summed E-state index contributed by atoms with van der Waals surface area (Å²) in [6, 6.07) is 10.8. The highest BCUT2D eigenvalue weighted by Crippen LogP contribution is 2.43. The first-order valence-corrected chi connectivity index (χ1v) is 10.5. The number of benzene rings is 1. The number of nitrogens with zero attached hydrogens (tertiary/aromatic N) is 1. The van der Waals surface area contributed by atoms with Gasteiger partial charge in [0.05, 0.1) is 0 Å². The SMILES string of the molecule is CN=C(NCCNC(=O)C1CCCCC1)NCC1(c2ccccc2)CCC1.I. The van der Waals surface area contributed by atoms with Gasteiger partial charge in [-0.2, -0.15) is 0 Å². The van der Waals surface area contributed by atoms with Crippen LogP contribution in [0.4, 0.5) is 0 Å². The van der Waals surface area contributed by atoms with E-state index in [9.17, 15) is 4.79 Å². The molecular formula is C22H35IN4O. The molecule has 6 heteroatoms. The van der Waals surface area contributed by atoms with E-state index in [2.05, 4.69) is 51.3 Å². The van der Waals surface area contributed by atoms with E-state index < -0.39 is 0 Å². The Morgan fingerprint density at radius 1 is 1.00 bits per heavy atom. The van der Waals surface area contributed by atoms with E-state index >= 15 is 0 Å². The fourth-order valence-electron chi connectivity index (χ4n) is 4.31. The lowest BCUT2D eigenvalue weighted by molar-refractivity contribution is -0.125. The molecule has 1 aromatic rings. The second kappa shape index (κ2) is 11.6. The van der Waals surface area contributed by atoms with Crippen molar-refractivity contribution < 1.29 is 4.79 Å². The predicted molar refractivity (Wildman–Crippen MR) is 126 cm³/mol. The minimum absolute atomic E-state index is 0. The van der Waals surface area contributed by atoms with Gasteiger partial charge in [-0.15, -0.1) is 24.0 Å². The van der Waals surface area contributed by atoms with Crippen molar-refractivity contribution in [3.63, 3.8) is 0 Å². The van der Waals surface area contributed by atoms with Crippen LogP contribution in [0.15, 0.2) is 35.3 Å². The summed E-state index contributed by atoms with van der Waals surface area (Å²) in [5.74, 6) is 1.25.